The number of alkyl halides is 3. The highest BCUT2D eigenvalue weighted by Crippen LogP contribution is 2.35. The highest BCUT2D eigenvalue weighted by molar-refractivity contribution is 6.04. The van der Waals surface area contributed by atoms with Gasteiger partial charge in [-0.3, -0.25) is 9.59 Å². The fourth-order valence-corrected chi connectivity index (χ4v) is 4.97. The van der Waals surface area contributed by atoms with Crippen molar-refractivity contribution in [1.82, 2.24) is 25.5 Å². The molecule has 1 aliphatic heterocycles. The van der Waals surface area contributed by atoms with Crippen LogP contribution in [0.3, 0.4) is 0 Å². The molecule has 0 saturated carbocycles. The van der Waals surface area contributed by atoms with Gasteiger partial charge in [0.1, 0.15) is 17.3 Å². The number of nitrogens with one attached hydrogen (secondary N) is 4. The molecular formula is C28H31F3N6O3. The largest absolute Gasteiger partial charge is 0.495 e. The van der Waals surface area contributed by atoms with E-state index in [-0.39, 0.29) is 30.4 Å². The van der Waals surface area contributed by atoms with Gasteiger partial charge in [0.2, 0.25) is 0 Å². The van der Waals surface area contributed by atoms with E-state index in [0.29, 0.717) is 41.1 Å². The first-order valence-corrected chi connectivity index (χ1v) is 12.8. The number of amides is 2. The highest BCUT2D eigenvalue weighted by Gasteiger charge is 2.48. The molecule has 0 radical (unpaired) electrons. The number of anilines is 1. The molecule has 4 rings (SSSR count). The Morgan fingerprint density at radius 2 is 2.05 bits per heavy atom. The van der Waals surface area contributed by atoms with Gasteiger partial charge in [-0.2, -0.15) is 13.2 Å². The molecule has 0 bridgehead atoms. The average Bonchev–Trinajstić information content (AvgIpc) is 3.42. The number of likely N-dealkylation sites (tertiary alicyclic amines) is 1. The van der Waals surface area contributed by atoms with Crippen LogP contribution in [0.2, 0.25) is 0 Å². The van der Waals surface area contributed by atoms with E-state index < -0.39 is 24.0 Å². The van der Waals surface area contributed by atoms with Crippen molar-refractivity contribution in [3.63, 3.8) is 0 Å². The zero-order valence-corrected chi connectivity index (χ0v) is 22.4. The second-order valence-electron chi connectivity index (χ2n) is 9.61. The number of aromatic amines is 1. The number of hydrogen-bond donors (Lipinski definition) is 4. The second kappa shape index (κ2) is 12.2. The molecule has 1 aromatic heterocycles. The maximum Gasteiger partial charge on any atom is 0.408 e. The van der Waals surface area contributed by atoms with Gasteiger partial charge in [0, 0.05) is 31.7 Å². The van der Waals surface area contributed by atoms with E-state index in [2.05, 4.69) is 37.9 Å². The minimum Gasteiger partial charge on any atom is -0.495 e. The number of carbonyl (C=O) groups excluding carboxylic acids is 2. The lowest BCUT2D eigenvalue weighted by atomic mass is 9.81. The third-order valence-electron chi connectivity index (χ3n) is 7.03. The molecule has 9 nitrogen and oxygen atoms in total. The third-order valence-corrected chi connectivity index (χ3v) is 7.03. The fourth-order valence-electron chi connectivity index (χ4n) is 4.97. The SMILES string of the molecule is CNC(=O)c1ccc(NCC#CN2CC[C@H](C(NC(=O)c3cccc4[nH]cnc34)C(F)(F)F)[C@H](C)C2)c(OC)c1. The van der Waals surface area contributed by atoms with Crippen LogP contribution in [-0.2, 0) is 0 Å². The Labute approximate surface area is 229 Å². The lowest BCUT2D eigenvalue weighted by Crippen LogP contribution is -2.55. The van der Waals surface area contributed by atoms with Crippen LogP contribution in [-0.4, -0.2) is 72.7 Å². The van der Waals surface area contributed by atoms with Crippen molar-refractivity contribution in [2.24, 2.45) is 11.8 Å². The van der Waals surface area contributed by atoms with E-state index in [1.165, 1.54) is 19.5 Å². The van der Waals surface area contributed by atoms with Gasteiger partial charge in [0.25, 0.3) is 11.8 Å². The zero-order valence-electron chi connectivity index (χ0n) is 22.4. The first-order chi connectivity index (χ1) is 19.1. The number of para-hydroxylation sites is 1. The average molecular weight is 557 g/mol. The van der Waals surface area contributed by atoms with Crippen molar-refractivity contribution < 1.29 is 27.5 Å². The number of methoxy groups -OCH3 is 1. The van der Waals surface area contributed by atoms with Gasteiger partial charge in [0.15, 0.2) is 0 Å². The van der Waals surface area contributed by atoms with Gasteiger partial charge in [-0.1, -0.05) is 18.9 Å². The Morgan fingerprint density at radius 1 is 1.25 bits per heavy atom. The summed E-state index contributed by atoms with van der Waals surface area (Å²) in [7, 11) is 3.04. The van der Waals surface area contributed by atoms with Crippen molar-refractivity contribution in [1.29, 1.82) is 0 Å². The van der Waals surface area contributed by atoms with E-state index in [1.807, 2.05) is 0 Å². The maximum absolute atomic E-state index is 14.1. The van der Waals surface area contributed by atoms with E-state index in [1.54, 1.807) is 49.2 Å². The summed E-state index contributed by atoms with van der Waals surface area (Å²) >= 11 is 0. The molecule has 12 heteroatoms. The number of carbonyl (C=O) groups is 2. The predicted molar refractivity (Wildman–Crippen MR) is 145 cm³/mol. The Hall–Kier alpha value is -4.40. The first-order valence-electron chi connectivity index (χ1n) is 12.8. The van der Waals surface area contributed by atoms with E-state index >= 15 is 0 Å². The van der Waals surface area contributed by atoms with Gasteiger partial charge in [-0.05, 0) is 48.6 Å². The van der Waals surface area contributed by atoms with Crippen molar-refractivity contribution in [3.05, 3.63) is 53.9 Å². The molecule has 1 aliphatic rings. The summed E-state index contributed by atoms with van der Waals surface area (Å²) in [5.41, 5.74) is 2.11. The van der Waals surface area contributed by atoms with Crippen LogP contribution in [0.25, 0.3) is 11.0 Å². The molecule has 0 aliphatic carbocycles. The lowest BCUT2D eigenvalue weighted by molar-refractivity contribution is -0.172. The minimum atomic E-state index is -4.61. The molecule has 2 aromatic carbocycles. The monoisotopic (exact) mass is 556 g/mol. The number of aromatic nitrogens is 2. The summed E-state index contributed by atoms with van der Waals surface area (Å²) in [6.45, 7) is 2.68. The number of piperidine rings is 1. The highest BCUT2D eigenvalue weighted by atomic mass is 19.4. The predicted octanol–water partition coefficient (Wildman–Crippen LogP) is 3.62. The number of H-pyrrole nitrogens is 1. The van der Waals surface area contributed by atoms with Crippen LogP contribution >= 0.6 is 0 Å². The third kappa shape index (κ3) is 6.42. The molecule has 2 heterocycles. The summed E-state index contributed by atoms with van der Waals surface area (Å²) in [5.74, 6) is 1.27. The number of ether oxygens (including phenoxy) is 1. The molecule has 1 fully saturated rings. The van der Waals surface area contributed by atoms with Gasteiger partial charge in [-0.15, -0.1) is 0 Å². The first kappa shape index (κ1) is 28.6. The van der Waals surface area contributed by atoms with Crippen molar-refractivity contribution in [2.75, 3.05) is 39.1 Å². The molecule has 0 spiro atoms. The molecule has 3 atom stereocenters. The van der Waals surface area contributed by atoms with Gasteiger partial charge in [-0.25, -0.2) is 4.98 Å². The Morgan fingerprint density at radius 3 is 2.75 bits per heavy atom. The van der Waals surface area contributed by atoms with Crippen LogP contribution in [0, 0.1) is 23.8 Å². The van der Waals surface area contributed by atoms with Crippen molar-refractivity contribution in [2.45, 2.75) is 25.6 Å². The standard InChI is InChI=1S/C28H31F3N6O3/c1-17-15-37(12-5-11-33-21-9-8-18(26(38)32-2)14-23(21)40-3)13-10-19(17)25(28(29,30)31)36-27(39)20-6-4-7-22-24(20)35-16-34-22/h4,6-9,14,16-17,19,25,33H,10-11,13,15H2,1-3H3,(H,32,38)(H,34,35)(H,36,39)/t17-,19+,25?/m1/s1. The van der Waals surface area contributed by atoms with Crippen LogP contribution in [0.15, 0.2) is 42.7 Å². The van der Waals surface area contributed by atoms with Gasteiger partial charge < -0.3 is 30.6 Å². The van der Waals surface area contributed by atoms with Crippen LogP contribution < -0.4 is 20.7 Å². The molecule has 4 N–H and O–H groups in total. The summed E-state index contributed by atoms with van der Waals surface area (Å²) in [4.78, 5) is 33.5. The maximum atomic E-state index is 14.1. The lowest BCUT2D eigenvalue weighted by Gasteiger charge is -2.40. The van der Waals surface area contributed by atoms with Crippen LogP contribution in [0.4, 0.5) is 18.9 Å². The molecule has 1 saturated heterocycles. The van der Waals surface area contributed by atoms with E-state index in [4.69, 9.17) is 4.74 Å². The Kier molecular flexibility index (Phi) is 8.72. The molecule has 2 amide bonds. The summed E-state index contributed by atoms with van der Waals surface area (Å²) < 4.78 is 47.8. The number of fused-ring (bicyclic) bond motifs is 1. The Bertz CT molecular complexity index is 1430. The normalized spacial score (nSPS) is 17.9. The smallest absolute Gasteiger partial charge is 0.408 e. The summed E-state index contributed by atoms with van der Waals surface area (Å²) in [6, 6.07) is 10.8. The van der Waals surface area contributed by atoms with E-state index in [0.717, 1.165) is 0 Å². The van der Waals surface area contributed by atoms with Gasteiger partial charge in [0.05, 0.1) is 36.7 Å². The van der Waals surface area contributed by atoms with E-state index in [9.17, 15) is 22.8 Å². The summed E-state index contributed by atoms with van der Waals surface area (Å²) in [6.07, 6.45) is -3.00. The zero-order chi connectivity index (χ0) is 28.9. The number of benzene rings is 2. The quantitative estimate of drug-likeness (QED) is 0.331. The number of hydrogen-bond acceptors (Lipinski definition) is 6. The molecule has 212 valence electrons. The second-order valence-corrected chi connectivity index (χ2v) is 9.61. The van der Waals surface area contributed by atoms with Crippen LogP contribution in [0.1, 0.15) is 34.1 Å². The van der Waals surface area contributed by atoms with Crippen molar-refractivity contribution in [3.8, 4) is 17.7 Å². The number of imidazole rings is 1. The number of nitrogens with zero attached hydrogens (tertiary/aromatic N) is 2. The Balaban J connectivity index is 1.37. The molecular weight excluding hydrogens is 525 g/mol. The van der Waals surface area contributed by atoms with Crippen LogP contribution in [0.5, 0.6) is 5.75 Å². The molecule has 3 aromatic rings. The topological polar surface area (TPSA) is 111 Å². The number of halogens is 3. The molecule has 40 heavy (non-hydrogen) atoms. The van der Waals surface area contributed by atoms with Gasteiger partial charge >= 0.3 is 6.18 Å². The number of rotatable bonds is 7. The minimum absolute atomic E-state index is 0.0938. The van der Waals surface area contributed by atoms with Crippen molar-refractivity contribution >= 4 is 28.5 Å². The fraction of sp³-hybridized carbons (Fsp3) is 0.393. The summed E-state index contributed by atoms with van der Waals surface area (Å²) in [5, 5.41) is 7.93. The molecule has 1 unspecified atom stereocenters.